The van der Waals surface area contributed by atoms with Crippen molar-refractivity contribution in [2.45, 2.75) is 6.10 Å². The molecule has 1 unspecified atom stereocenters. The molecular formula is C13H16ClFN2O2. The first-order valence-electron chi connectivity index (χ1n) is 6.11. The van der Waals surface area contributed by atoms with E-state index in [4.69, 9.17) is 16.3 Å². The van der Waals surface area contributed by atoms with E-state index < -0.39 is 5.82 Å². The van der Waals surface area contributed by atoms with E-state index in [1.807, 2.05) is 0 Å². The van der Waals surface area contributed by atoms with Gasteiger partial charge in [0.1, 0.15) is 5.82 Å². The van der Waals surface area contributed by atoms with Crippen molar-refractivity contribution in [1.82, 2.24) is 10.2 Å². The van der Waals surface area contributed by atoms with E-state index >= 15 is 0 Å². The molecule has 1 amide bonds. The van der Waals surface area contributed by atoms with Crippen molar-refractivity contribution in [2.24, 2.45) is 0 Å². The summed E-state index contributed by atoms with van der Waals surface area (Å²) in [5, 5.41) is 3.05. The van der Waals surface area contributed by atoms with Crippen molar-refractivity contribution in [2.75, 3.05) is 33.3 Å². The van der Waals surface area contributed by atoms with E-state index in [0.717, 1.165) is 6.54 Å². The molecule has 1 heterocycles. The summed E-state index contributed by atoms with van der Waals surface area (Å²) in [6.07, 6.45) is -0.0463. The highest BCUT2D eigenvalue weighted by Crippen LogP contribution is 2.21. The number of likely N-dealkylation sites (N-methyl/N-ethyl adjacent to an activating group) is 1. The lowest BCUT2D eigenvalue weighted by Gasteiger charge is -2.28. The van der Waals surface area contributed by atoms with Crippen molar-refractivity contribution in [3.05, 3.63) is 34.6 Å². The van der Waals surface area contributed by atoms with Gasteiger partial charge in [-0.25, -0.2) is 4.39 Å². The molecule has 1 aromatic rings. The molecule has 6 heteroatoms. The van der Waals surface area contributed by atoms with Crippen LogP contribution in [-0.4, -0.2) is 50.2 Å². The molecule has 0 spiro atoms. The lowest BCUT2D eigenvalue weighted by atomic mass is 10.2. The highest BCUT2D eigenvalue weighted by molar-refractivity contribution is 6.33. The van der Waals surface area contributed by atoms with Gasteiger partial charge in [0.2, 0.25) is 0 Å². The number of nitrogens with one attached hydrogen (secondary N) is 1. The Labute approximate surface area is 116 Å². The van der Waals surface area contributed by atoms with Crippen LogP contribution < -0.4 is 5.32 Å². The SMILES string of the molecule is CN(CC1CNCCO1)C(=O)c1cccc(F)c1Cl. The largest absolute Gasteiger partial charge is 0.374 e. The molecule has 1 atom stereocenters. The molecule has 1 aliphatic heterocycles. The Balaban J connectivity index is 2.03. The minimum absolute atomic E-state index is 0.0463. The third-order valence-electron chi connectivity index (χ3n) is 3.01. The topological polar surface area (TPSA) is 41.6 Å². The van der Waals surface area contributed by atoms with E-state index in [1.54, 1.807) is 7.05 Å². The van der Waals surface area contributed by atoms with E-state index in [9.17, 15) is 9.18 Å². The van der Waals surface area contributed by atoms with Crippen LogP contribution in [0.5, 0.6) is 0 Å². The zero-order valence-electron chi connectivity index (χ0n) is 10.7. The quantitative estimate of drug-likeness (QED) is 0.916. The second kappa shape index (κ2) is 6.32. The van der Waals surface area contributed by atoms with Crippen LogP contribution in [0.2, 0.25) is 5.02 Å². The molecule has 0 aromatic heterocycles. The van der Waals surface area contributed by atoms with Crippen LogP contribution in [0.1, 0.15) is 10.4 Å². The fourth-order valence-electron chi connectivity index (χ4n) is 2.00. The highest BCUT2D eigenvalue weighted by atomic mass is 35.5. The molecule has 19 heavy (non-hydrogen) atoms. The normalized spacial score (nSPS) is 19.2. The van der Waals surface area contributed by atoms with Crippen molar-refractivity contribution in [3.8, 4) is 0 Å². The Bertz CT molecular complexity index is 464. The van der Waals surface area contributed by atoms with Gasteiger partial charge in [0, 0.05) is 26.7 Å². The van der Waals surface area contributed by atoms with Crippen LogP contribution in [0.3, 0.4) is 0 Å². The third-order valence-corrected chi connectivity index (χ3v) is 3.39. The summed E-state index contributed by atoms with van der Waals surface area (Å²) < 4.78 is 18.8. The van der Waals surface area contributed by atoms with Gasteiger partial charge < -0.3 is 15.0 Å². The number of hydrogen-bond donors (Lipinski definition) is 1. The van der Waals surface area contributed by atoms with Crippen molar-refractivity contribution in [1.29, 1.82) is 0 Å². The average molecular weight is 287 g/mol. The number of benzene rings is 1. The Hall–Kier alpha value is -1.17. The van der Waals surface area contributed by atoms with Crippen molar-refractivity contribution >= 4 is 17.5 Å². The Morgan fingerprint density at radius 3 is 3.11 bits per heavy atom. The Morgan fingerprint density at radius 1 is 1.63 bits per heavy atom. The Morgan fingerprint density at radius 2 is 2.42 bits per heavy atom. The van der Waals surface area contributed by atoms with E-state index in [2.05, 4.69) is 5.32 Å². The van der Waals surface area contributed by atoms with Crippen LogP contribution >= 0.6 is 11.6 Å². The van der Waals surface area contributed by atoms with Gasteiger partial charge in [-0.15, -0.1) is 0 Å². The molecule has 1 N–H and O–H groups in total. The highest BCUT2D eigenvalue weighted by Gasteiger charge is 2.21. The molecule has 0 radical (unpaired) electrons. The Kier molecular flexibility index (Phi) is 4.74. The number of morpholine rings is 1. The molecular weight excluding hydrogens is 271 g/mol. The molecule has 0 bridgehead atoms. The van der Waals surface area contributed by atoms with Crippen LogP contribution in [0, 0.1) is 5.82 Å². The molecule has 1 aliphatic rings. The smallest absolute Gasteiger partial charge is 0.255 e. The number of carbonyl (C=O) groups is 1. The van der Waals surface area contributed by atoms with Gasteiger partial charge >= 0.3 is 0 Å². The summed E-state index contributed by atoms with van der Waals surface area (Å²) >= 11 is 5.81. The number of hydrogen-bond acceptors (Lipinski definition) is 3. The van der Waals surface area contributed by atoms with Gasteiger partial charge in [-0.1, -0.05) is 17.7 Å². The van der Waals surface area contributed by atoms with Crippen molar-refractivity contribution in [3.63, 3.8) is 0 Å². The third kappa shape index (κ3) is 3.43. The second-order valence-electron chi connectivity index (χ2n) is 4.48. The number of carbonyl (C=O) groups excluding carboxylic acids is 1. The van der Waals surface area contributed by atoms with Crippen LogP contribution in [0.25, 0.3) is 0 Å². The predicted molar refractivity (Wildman–Crippen MR) is 71.0 cm³/mol. The fourth-order valence-corrected chi connectivity index (χ4v) is 2.21. The van der Waals surface area contributed by atoms with Gasteiger partial charge in [0.15, 0.2) is 0 Å². The summed E-state index contributed by atoms with van der Waals surface area (Å²) in [6, 6.07) is 4.22. The lowest BCUT2D eigenvalue weighted by molar-refractivity contribution is 0.0104. The summed E-state index contributed by atoms with van der Waals surface area (Å²) in [5.41, 5.74) is 0.174. The van der Waals surface area contributed by atoms with Gasteiger partial charge in [-0.3, -0.25) is 4.79 Å². The van der Waals surface area contributed by atoms with Gasteiger partial charge in [-0.2, -0.15) is 0 Å². The molecule has 0 aliphatic carbocycles. The number of ether oxygens (including phenoxy) is 1. The summed E-state index contributed by atoms with van der Waals surface area (Å²) in [6.45, 7) is 2.60. The van der Waals surface area contributed by atoms with Crippen LogP contribution in [0.15, 0.2) is 18.2 Å². The lowest BCUT2D eigenvalue weighted by Crippen LogP contribution is -2.45. The predicted octanol–water partition coefficient (Wildman–Crippen LogP) is 1.54. The van der Waals surface area contributed by atoms with E-state index in [0.29, 0.717) is 19.7 Å². The number of halogens is 2. The minimum atomic E-state index is -0.587. The molecule has 2 rings (SSSR count). The summed E-state index contributed by atoms with van der Waals surface area (Å²) in [5.74, 6) is -0.893. The average Bonchev–Trinajstić information content (AvgIpc) is 2.42. The molecule has 1 fully saturated rings. The zero-order chi connectivity index (χ0) is 13.8. The first kappa shape index (κ1) is 14.2. The number of nitrogens with zero attached hydrogens (tertiary/aromatic N) is 1. The van der Waals surface area contributed by atoms with E-state index in [1.165, 1.54) is 23.1 Å². The molecule has 1 aromatic carbocycles. The minimum Gasteiger partial charge on any atom is -0.374 e. The van der Waals surface area contributed by atoms with Crippen molar-refractivity contribution < 1.29 is 13.9 Å². The number of amides is 1. The van der Waals surface area contributed by atoms with Crippen LogP contribution in [0.4, 0.5) is 4.39 Å². The summed E-state index contributed by atoms with van der Waals surface area (Å²) in [7, 11) is 1.65. The first-order chi connectivity index (χ1) is 9.09. The maximum atomic E-state index is 13.3. The molecule has 104 valence electrons. The number of rotatable bonds is 3. The van der Waals surface area contributed by atoms with E-state index in [-0.39, 0.29) is 22.6 Å². The molecule has 4 nitrogen and oxygen atoms in total. The van der Waals surface area contributed by atoms with Gasteiger partial charge in [0.05, 0.1) is 23.3 Å². The molecule has 0 saturated carbocycles. The van der Waals surface area contributed by atoms with Crippen LogP contribution in [-0.2, 0) is 4.74 Å². The van der Waals surface area contributed by atoms with Gasteiger partial charge in [0.25, 0.3) is 5.91 Å². The maximum absolute atomic E-state index is 13.3. The standard InChI is InChI=1S/C13H16ClFN2O2/c1-17(8-9-7-16-5-6-19-9)13(18)10-3-2-4-11(15)12(10)14/h2-4,9,16H,5-8H2,1H3. The zero-order valence-corrected chi connectivity index (χ0v) is 11.4. The monoisotopic (exact) mass is 286 g/mol. The first-order valence-corrected chi connectivity index (χ1v) is 6.49. The van der Waals surface area contributed by atoms with Gasteiger partial charge in [-0.05, 0) is 12.1 Å². The fraction of sp³-hybridized carbons (Fsp3) is 0.462. The molecule has 1 saturated heterocycles. The maximum Gasteiger partial charge on any atom is 0.255 e. The summed E-state index contributed by atoms with van der Waals surface area (Å²) in [4.78, 5) is 13.7. The second-order valence-corrected chi connectivity index (χ2v) is 4.86.